The standard InChI is InChI=1S/C15H17N3O4/c1-7(19)12-11-6-9(13(15(21)22)18(11)14(12)20)10-5-8-3-2-4-17(8)16-10/h5,7,11-12,19H,2-4,6H2,1H3,(H,21,22)/t7-,11?,12-/m1/s1. The van der Waals surface area contributed by atoms with Crippen molar-refractivity contribution in [1.82, 2.24) is 14.7 Å². The zero-order chi connectivity index (χ0) is 15.6. The van der Waals surface area contributed by atoms with E-state index in [-0.39, 0.29) is 17.6 Å². The van der Waals surface area contributed by atoms with E-state index in [2.05, 4.69) is 5.10 Å². The molecule has 0 aromatic carbocycles. The molecule has 22 heavy (non-hydrogen) atoms. The van der Waals surface area contributed by atoms with Crippen LogP contribution in [0, 0.1) is 5.92 Å². The molecule has 0 saturated carbocycles. The molecular formula is C15H17N3O4. The minimum atomic E-state index is -1.11. The van der Waals surface area contributed by atoms with Gasteiger partial charge in [-0.25, -0.2) is 4.79 Å². The van der Waals surface area contributed by atoms with Crippen LogP contribution in [0.25, 0.3) is 5.57 Å². The topological polar surface area (TPSA) is 95.7 Å². The number of carboxylic acids is 1. The Morgan fingerprint density at radius 1 is 1.50 bits per heavy atom. The Hall–Kier alpha value is -2.15. The fourth-order valence-electron chi connectivity index (χ4n) is 3.91. The number of carboxylic acid groups (broad SMARTS) is 1. The summed E-state index contributed by atoms with van der Waals surface area (Å²) in [6, 6.07) is 1.67. The van der Waals surface area contributed by atoms with Crippen LogP contribution in [-0.4, -0.2) is 48.9 Å². The summed E-state index contributed by atoms with van der Waals surface area (Å²) in [6.45, 7) is 2.43. The fraction of sp³-hybridized carbons (Fsp3) is 0.533. The Kier molecular flexibility index (Phi) is 2.72. The molecule has 4 heterocycles. The van der Waals surface area contributed by atoms with Crippen molar-refractivity contribution in [3.05, 3.63) is 23.2 Å². The summed E-state index contributed by atoms with van der Waals surface area (Å²) in [5.41, 5.74) is 2.40. The van der Waals surface area contributed by atoms with Gasteiger partial charge in [0.1, 0.15) is 5.70 Å². The molecule has 3 atom stereocenters. The molecule has 0 radical (unpaired) electrons. The molecule has 0 aliphatic carbocycles. The summed E-state index contributed by atoms with van der Waals surface area (Å²) in [5, 5.41) is 23.7. The van der Waals surface area contributed by atoms with E-state index in [0.29, 0.717) is 17.7 Å². The number of carbonyl (C=O) groups is 2. The van der Waals surface area contributed by atoms with Crippen LogP contribution in [0.15, 0.2) is 11.8 Å². The molecule has 1 fully saturated rings. The molecule has 2 N–H and O–H groups in total. The first-order valence-corrected chi connectivity index (χ1v) is 7.53. The Balaban J connectivity index is 1.75. The van der Waals surface area contributed by atoms with Crippen LogP contribution in [0.4, 0.5) is 0 Å². The fourth-order valence-corrected chi connectivity index (χ4v) is 3.91. The number of fused-ring (bicyclic) bond motifs is 2. The Bertz CT molecular complexity index is 697. The molecule has 4 rings (SSSR count). The molecule has 1 saturated heterocycles. The van der Waals surface area contributed by atoms with Crippen LogP contribution in [0.1, 0.15) is 31.2 Å². The highest BCUT2D eigenvalue weighted by molar-refractivity contribution is 6.05. The molecule has 3 aliphatic heterocycles. The highest BCUT2D eigenvalue weighted by Gasteiger charge is 2.57. The average molecular weight is 303 g/mol. The van der Waals surface area contributed by atoms with E-state index in [9.17, 15) is 19.8 Å². The lowest BCUT2D eigenvalue weighted by atomic mass is 9.83. The summed E-state index contributed by atoms with van der Waals surface area (Å²) >= 11 is 0. The molecule has 1 aromatic rings. The molecule has 1 unspecified atom stereocenters. The summed E-state index contributed by atoms with van der Waals surface area (Å²) in [4.78, 5) is 25.1. The number of aromatic nitrogens is 2. The van der Waals surface area contributed by atoms with Crippen molar-refractivity contribution >= 4 is 17.4 Å². The zero-order valence-corrected chi connectivity index (χ0v) is 12.2. The van der Waals surface area contributed by atoms with Gasteiger partial charge in [0.05, 0.1) is 23.8 Å². The first-order chi connectivity index (χ1) is 10.5. The Morgan fingerprint density at radius 3 is 2.91 bits per heavy atom. The Morgan fingerprint density at radius 2 is 2.27 bits per heavy atom. The van der Waals surface area contributed by atoms with Crippen molar-refractivity contribution in [3.63, 3.8) is 0 Å². The molecular weight excluding hydrogens is 286 g/mol. The van der Waals surface area contributed by atoms with Crippen LogP contribution >= 0.6 is 0 Å². The Labute approximate surface area is 126 Å². The van der Waals surface area contributed by atoms with Gasteiger partial charge in [0.15, 0.2) is 0 Å². The third kappa shape index (κ3) is 1.62. The molecule has 116 valence electrons. The summed E-state index contributed by atoms with van der Waals surface area (Å²) < 4.78 is 1.91. The predicted molar refractivity (Wildman–Crippen MR) is 75.5 cm³/mol. The smallest absolute Gasteiger partial charge is 0.352 e. The van der Waals surface area contributed by atoms with E-state index in [4.69, 9.17) is 0 Å². The zero-order valence-electron chi connectivity index (χ0n) is 12.2. The minimum Gasteiger partial charge on any atom is -0.477 e. The van der Waals surface area contributed by atoms with Gasteiger partial charge in [0.25, 0.3) is 0 Å². The average Bonchev–Trinajstić information content (AvgIpc) is 3.06. The van der Waals surface area contributed by atoms with Gasteiger partial charge in [-0.1, -0.05) is 0 Å². The van der Waals surface area contributed by atoms with E-state index in [1.54, 1.807) is 6.92 Å². The highest BCUT2D eigenvalue weighted by atomic mass is 16.4. The second-order valence-electron chi connectivity index (χ2n) is 6.23. The molecule has 1 aromatic heterocycles. The maximum absolute atomic E-state index is 12.2. The lowest BCUT2D eigenvalue weighted by molar-refractivity contribution is -0.161. The van der Waals surface area contributed by atoms with Crippen molar-refractivity contribution < 1.29 is 19.8 Å². The molecule has 7 nitrogen and oxygen atoms in total. The number of aliphatic hydroxyl groups is 1. The van der Waals surface area contributed by atoms with Crippen LogP contribution < -0.4 is 0 Å². The number of carbonyl (C=O) groups excluding carboxylic acids is 1. The molecule has 3 aliphatic rings. The van der Waals surface area contributed by atoms with Gasteiger partial charge in [-0.15, -0.1) is 0 Å². The number of hydrogen-bond acceptors (Lipinski definition) is 4. The summed E-state index contributed by atoms with van der Waals surface area (Å²) in [7, 11) is 0. The summed E-state index contributed by atoms with van der Waals surface area (Å²) in [5.74, 6) is -1.93. The van der Waals surface area contributed by atoms with E-state index in [1.807, 2.05) is 10.7 Å². The van der Waals surface area contributed by atoms with Crippen molar-refractivity contribution in [2.24, 2.45) is 5.92 Å². The van der Waals surface area contributed by atoms with Crippen LogP contribution in [0.2, 0.25) is 0 Å². The van der Waals surface area contributed by atoms with Gasteiger partial charge < -0.3 is 15.1 Å². The van der Waals surface area contributed by atoms with E-state index in [1.165, 1.54) is 4.90 Å². The largest absolute Gasteiger partial charge is 0.477 e. The van der Waals surface area contributed by atoms with Gasteiger partial charge in [-0.05, 0) is 32.3 Å². The van der Waals surface area contributed by atoms with Gasteiger partial charge in [-0.3, -0.25) is 9.48 Å². The number of rotatable bonds is 3. The first kappa shape index (κ1) is 13.5. The van der Waals surface area contributed by atoms with Gasteiger partial charge in [-0.2, -0.15) is 5.10 Å². The molecule has 7 heteroatoms. The lowest BCUT2D eigenvalue weighted by Crippen LogP contribution is -2.61. The first-order valence-electron chi connectivity index (χ1n) is 7.53. The SMILES string of the molecule is C[C@@H](O)[C@H]1C(=O)N2C(C(=O)O)=C(c3cc4n(n3)CCC4)CC12. The van der Waals surface area contributed by atoms with Gasteiger partial charge >= 0.3 is 5.97 Å². The summed E-state index contributed by atoms with van der Waals surface area (Å²) in [6.07, 6.45) is 1.69. The third-order valence-electron chi connectivity index (χ3n) is 4.91. The predicted octanol–water partition coefficient (Wildman–Crippen LogP) is 0.236. The van der Waals surface area contributed by atoms with Crippen molar-refractivity contribution in [1.29, 1.82) is 0 Å². The normalized spacial score (nSPS) is 27.7. The third-order valence-corrected chi connectivity index (χ3v) is 4.91. The quantitative estimate of drug-likeness (QED) is 0.780. The van der Waals surface area contributed by atoms with E-state index in [0.717, 1.165) is 25.1 Å². The molecule has 1 amide bonds. The maximum atomic E-state index is 12.2. The van der Waals surface area contributed by atoms with Gasteiger partial charge in [0, 0.05) is 17.8 Å². The van der Waals surface area contributed by atoms with Crippen LogP contribution in [0.5, 0.6) is 0 Å². The number of nitrogens with zero attached hydrogens (tertiary/aromatic N) is 3. The highest BCUT2D eigenvalue weighted by Crippen LogP contribution is 2.46. The molecule has 0 bridgehead atoms. The van der Waals surface area contributed by atoms with Crippen molar-refractivity contribution in [2.75, 3.05) is 0 Å². The number of β-lactam (4-membered cyclic amide) rings is 1. The maximum Gasteiger partial charge on any atom is 0.352 e. The second-order valence-corrected chi connectivity index (χ2v) is 6.23. The minimum absolute atomic E-state index is 0.0312. The number of aliphatic hydroxyl groups excluding tert-OH is 1. The number of aliphatic carboxylic acids is 1. The van der Waals surface area contributed by atoms with Crippen LogP contribution in [-0.2, 0) is 22.6 Å². The van der Waals surface area contributed by atoms with Crippen molar-refractivity contribution in [3.8, 4) is 0 Å². The number of hydrogen-bond donors (Lipinski definition) is 2. The lowest BCUT2D eigenvalue weighted by Gasteiger charge is -2.44. The monoisotopic (exact) mass is 303 g/mol. The molecule has 0 spiro atoms. The van der Waals surface area contributed by atoms with E-state index < -0.39 is 18.0 Å². The van der Waals surface area contributed by atoms with Crippen LogP contribution in [0.3, 0.4) is 0 Å². The second kappa shape index (κ2) is 4.42. The number of aryl methyl sites for hydroxylation is 2. The van der Waals surface area contributed by atoms with E-state index >= 15 is 0 Å². The van der Waals surface area contributed by atoms with Gasteiger partial charge in [0.2, 0.25) is 5.91 Å². The van der Waals surface area contributed by atoms with Crippen molar-refractivity contribution in [2.45, 2.75) is 44.9 Å². The number of amides is 1.